The molecule has 1 aromatic heterocycles. The van der Waals surface area contributed by atoms with Gasteiger partial charge in [-0.3, -0.25) is 0 Å². The molecule has 2 N–H and O–H groups in total. The highest BCUT2D eigenvalue weighted by molar-refractivity contribution is 9.10. The van der Waals surface area contributed by atoms with Crippen molar-refractivity contribution in [1.29, 1.82) is 0 Å². The van der Waals surface area contributed by atoms with E-state index in [2.05, 4.69) is 25.8 Å². The van der Waals surface area contributed by atoms with Gasteiger partial charge in [-0.15, -0.1) is 0 Å². The predicted octanol–water partition coefficient (Wildman–Crippen LogP) is 3.99. The van der Waals surface area contributed by atoms with Crippen molar-refractivity contribution < 1.29 is 0 Å². The molecular weight excluding hydrogens is 326 g/mol. The van der Waals surface area contributed by atoms with Crippen molar-refractivity contribution >= 4 is 33.3 Å². The molecule has 0 bridgehead atoms. The van der Waals surface area contributed by atoms with Crippen LogP contribution in [0.1, 0.15) is 38.5 Å². The van der Waals surface area contributed by atoms with Gasteiger partial charge in [0.15, 0.2) is 0 Å². The smallest absolute Gasteiger partial charge is 0.143 e. The summed E-state index contributed by atoms with van der Waals surface area (Å²) < 4.78 is 0.975. The zero-order valence-electron chi connectivity index (χ0n) is 11.1. The first-order valence-electron chi connectivity index (χ1n) is 7.00. The standard InChI is InChI=1S/C14H21BrClN3/c15-13-9-11(16)10-18-14(13)19(8-4-7-17)12-5-2-1-3-6-12/h9-10,12H,1-8,17H2. The molecule has 0 radical (unpaired) electrons. The van der Waals surface area contributed by atoms with Crippen molar-refractivity contribution in [3.63, 3.8) is 0 Å². The number of anilines is 1. The molecule has 3 nitrogen and oxygen atoms in total. The summed E-state index contributed by atoms with van der Waals surface area (Å²) in [6.07, 6.45) is 9.20. The normalized spacial score (nSPS) is 16.6. The highest BCUT2D eigenvalue weighted by Gasteiger charge is 2.23. The number of nitrogens with zero attached hydrogens (tertiary/aromatic N) is 2. The van der Waals surface area contributed by atoms with E-state index in [0.717, 1.165) is 23.3 Å². The number of rotatable bonds is 5. The highest BCUT2D eigenvalue weighted by Crippen LogP contribution is 2.32. The lowest BCUT2D eigenvalue weighted by Crippen LogP contribution is -2.39. The Morgan fingerprint density at radius 1 is 1.37 bits per heavy atom. The van der Waals surface area contributed by atoms with Gasteiger partial charge in [0, 0.05) is 18.8 Å². The van der Waals surface area contributed by atoms with Crippen LogP contribution in [-0.2, 0) is 0 Å². The third-order valence-corrected chi connectivity index (χ3v) is 4.47. The number of hydrogen-bond donors (Lipinski definition) is 1. The van der Waals surface area contributed by atoms with Crippen molar-refractivity contribution in [2.24, 2.45) is 5.73 Å². The summed E-state index contributed by atoms with van der Waals surface area (Å²) in [6.45, 7) is 1.68. The predicted molar refractivity (Wildman–Crippen MR) is 84.8 cm³/mol. The molecule has 5 heteroatoms. The average Bonchev–Trinajstić information content (AvgIpc) is 2.42. The molecule has 0 unspecified atom stereocenters. The van der Waals surface area contributed by atoms with Crippen LogP contribution < -0.4 is 10.6 Å². The average molecular weight is 347 g/mol. The van der Waals surface area contributed by atoms with E-state index in [1.807, 2.05) is 6.07 Å². The maximum atomic E-state index is 5.98. The lowest BCUT2D eigenvalue weighted by atomic mass is 9.94. The maximum Gasteiger partial charge on any atom is 0.143 e. The number of pyridine rings is 1. The molecule has 0 aliphatic heterocycles. The van der Waals surface area contributed by atoms with Crippen LogP contribution in [0.15, 0.2) is 16.7 Å². The van der Waals surface area contributed by atoms with Gasteiger partial charge in [-0.1, -0.05) is 30.9 Å². The maximum absolute atomic E-state index is 5.98. The highest BCUT2D eigenvalue weighted by atomic mass is 79.9. The lowest BCUT2D eigenvalue weighted by molar-refractivity contribution is 0.411. The van der Waals surface area contributed by atoms with Crippen molar-refractivity contribution in [1.82, 2.24) is 4.98 Å². The fraction of sp³-hybridized carbons (Fsp3) is 0.643. The number of hydrogen-bond acceptors (Lipinski definition) is 3. The molecule has 2 rings (SSSR count). The van der Waals surface area contributed by atoms with Crippen LogP contribution in [0.3, 0.4) is 0 Å². The van der Waals surface area contributed by atoms with Gasteiger partial charge in [0.1, 0.15) is 5.82 Å². The van der Waals surface area contributed by atoms with Crippen LogP contribution >= 0.6 is 27.5 Å². The minimum Gasteiger partial charge on any atom is -0.353 e. The zero-order valence-corrected chi connectivity index (χ0v) is 13.5. The minimum atomic E-state index is 0.588. The monoisotopic (exact) mass is 345 g/mol. The summed E-state index contributed by atoms with van der Waals surface area (Å²) in [5.41, 5.74) is 5.67. The SMILES string of the molecule is NCCCN(c1ncc(Cl)cc1Br)C1CCCCC1. The Hall–Kier alpha value is -0.320. The number of aromatic nitrogens is 1. The van der Waals surface area contributed by atoms with Crippen molar-refractivity contribution in [2.75, 3.05) is 18.0 Å². The molecular formula is C14H21BrClN3. The molecule has 1 saturated carbocycles. The fourth-order valence-electron chi connectivity index (χ4n) is 2.73. The van der Waals surface area contributed by atoms with E-state index >= 15 is 0 Å². The van der Waals surface area contributed by atoms with Crippen LogP contribution in [0, 0.1) is 0 Å². The van der Waals surface area contributed by atoms with E-state index < -0.39 is 0 Å². The van der Waals surface area contributed by atoms with Crippen LogP contribution in [0.25, 0.3) is 0 Å². The molecule has 0 aromatic carbocycles. The van der Waals surface area contributed by atoms with E-state index in [-0.39, 0.29) is 0 Å². The quantitative estimate of drug-likeness (QED) is 0.876. The third kappa shape index (κ3) is 4.07. The van der Waals surface area contributed by atoms with Crippen LogP contribution in [0.2, 0.25) is 5.02 Å². The minimum absolute atomic E-state index is 0.588. The Labute approximate surface area is 128 Å². The Kier molecular flexibility index (Phi) is 5.92. The molecule has 1 heterocycles. The first-order valence-corrected chi connectivity index (χ1v) is 8.17. The number of nitrogens with two attached hydrogens (primary N) is 1. The van der Waals surface area contributed by atoms with Gasteiger partial charge in [-0.25, -0.2) is 4.98 Å². The fourth-order valence-corrected chi connectivity index (χ4v) is 3.60. The lowest BCUT2D eigenvalue weighted by Gasteiger charge is -2.35. The van der Waals surface area contributed by atoms with Crippen molar-refractivity contribution in [3.05, 3.63) is 21.8 Å². The van der Waals surface area contributed by atoms with Gasteiger partial charge in [0.25, 0.3) is 0 Å². The van der Waals surface area contributed by atoms with Crippen LogP contribution in [-0.4, -0.2) is 24.1 Å². The van der Waals surface area contributed by atoms with E-state index in [0.29, 0.717) is 17.6 Å². The summed E-state index contributed by atoms with van der Waals surface area (Å²) in [4.78, 5) is 6.92. The molecule has 0 atom stereocenters. The first-order chi connectivity index (χ1) is 9.22. The van der Waals surface area contributed by atoms with Crippen LogP contribution in [0.5, 0.6) is 0 Å². The van der Waals surface area contributed by atoms with E-state index in [4.69, 9.17) is 17.3 Å². The van der Waals surface area contributed by atoms with E-state index in [1.54, 1.807) is 6.20 Å². The number of halogens is 2. The van der Waals surface area contributed by atoms with Gasteiger partial charge >= 0.3 is 0 Å². The zero-order chi connectivity index (χ0) is 13.7. The summed E-state index contributed by atoms with van der Waals surface area (Å²) in [5, 5.41) is 0.665. The van der Waals surface area contributed by atoms with Gasteiger partial charge < -0.3 is 10.6 Å². The summed E-state index contributed by atoms with van der Waals surface area (Å²) in [7, 11) is 0. The third-order valence-electron chi connectivity index (χ3n) is 3.68. The molecule has 19 heavy (non-hydrogen) atoms. The topological polar surface area (TPSA) is 42.1 Å². The van der Waals surface area contributed by atoms with Gasteiger partial charge in [0.2, 0.25) is 0 Å². The first kappa shape index (κ1) is 15.1. The Morgan fingerprint density at radius 3 is 2.74 bits per heavy atom. The van der Waals surface area contributed by atoms with E-state index in [1.165, 1.54) is 32.1 Å². The van der Waals surface area contributed by atoms with Crippen LogP contribution in [0.4, 0.5) is 5.82 Å². The molecule has 1 fully saturated rings. The molecule has 1 aromatic rings. The van der Waals surface area contributed by atoms with Gasteiger partial charge in [-0.2, -0.15) is 0 Å². The molecule has 106 valence electrons. The Bertz CT molecular complexity index is 408. The second-order valence-corrected chi connectivity index (χ2v) is 6.38. The Balaban J connectivity index is 2.19. The Morgan fingerprint density at radius 2 is 2.11 bits per heavy atom. The van der Waals surface area contributed by atoms with Gasteiger partial charge in [-0.05, 0) is 47.8 Å². The second-order valence-electron chi connectivity index (χ2n) is 5.09. The molecule has 0 saturated heterocycles. The van der Waals surface area contributed by atoms with Gasteiger partial charge in [0.05, 0.1) is 9.50 Å². The molecule has 0 spiro atoms. The second kappa shape index (κ2) is 7.46. The van der Waals surface area contributed by atoms with Crippen molar-refractivity contribution in [3.8, 4) is 0 Å². The molecule has 1 aliphatic rings. The largest absolute Gasteiger partial charge is 0.353 e. The van der Waals surface area contributed by atoms with Crippen molar-refractivity contribution in [2.45, 2.75) is 44.6 Å². The summed E-state index contributed by atoms with van der Waals surface area (Å²) >= 11 is 9.57. The molecule has 1 aliphatic carbocycles. The van der Waals surface area contributed by atoms with E-state index in [9.17, 15) is 0 Å². The summed E-state index contributed by atoms with van der Waals surface area (Å²) in [6, 6.07) is 2.51. The molecule has 0 amide bonds. The summed E-state index contributed by atoms with van der Waals surface area (Å²) in [5.74, 6) is 1.00.